The summed E-state index contributed by atoms with van der Waals surface area (Å²) in [6, 6.07) is 3.28. The summed E-state index contributed by atoms with van der Waals surface area (Å²) in [5, 5.41) is 8.59. The SMILES string of the molecule is O=C(O)C1(c2ccc(Cl)c(C(F)(F)F)c2)CC1. The topological polar surface area (TPSA) is 37.3 Å². The molecule has 2 rings (SSSR count). The van der Waals surface area contributed by atoms with Gasteiger partial charge in [0.15, 0.2) is 0 Å². The smallest absolute Gasteiger partial charge is 0.417 e. The van der Waals surface area contributed by atoms with Gasteiger partial charge in [0.25, 0.3) is 0 Å². The van der Waals surface area contributed by atoms with Crippen LogP contribution in [0.15, 0.2) is 18.2 Å². The zero-order valence-corrected chi connectivity index (χ0v) is 9.27. The van der Waals surface area contributed by atoms with Crippen molar-refractivity contribution >= 4 is 17.6 Å². The van der Waals surface area contributed by atoms with Crippen molar-refractivity contribution in [1.29, 1.82) is 0 Å². The molecule has 0 atom stereocenters. The van der Waals surface area contributed by atoms with E-state index in [0.717, 1.165) is 12.1 Å². The van der Waals surface area contributed by atoms with Crippen LogP contribution < -0.4 is 0 Å². The molecule has 92 valence electrons. The number of aliphatic carboxylic acids is 1. The summed E-state index contributed by atoms with van der Waals surface area (Å²) in [6.45, 7) is 0. The van der Waals surface area contributed by atoms with Gasteiger partial charge in [-0.15, -0.1) is 0 Å². The zero-order chi connectivity index (χ0) is 12.8. The van der Waals surface area contributed by atoms with Gasteiger partial charge in [-0.05, 0) is 30.5 Å². The molecule has 0 heterocycles. The van der Waals surface area contributed by atoms with E-state index < -0.39 is 28.1 Å². The first-order valence-corrected chi connectivity index (χ1v) is 5.26. The monoisotopic (exact) mass is 264 g/mol. The van der Waals surface area contributed by atoms with Gasteiger partial charge < -0.3 is 5.11 Å². The first-order valence-electron chi connectivity index (χ1n) is 4.88. The molecule has 1 aromatic rings. The summed E-state index contributed by atoms with van der Waals surface area (Å²) >= 11 is 5.46. The molecule has 1 saturated carbocycles. The van der Waals surface area contributed by atoms with Gasteiger partial charge in [-0.3, -0.25) is 4.79 Å². The van der Waals surface area contributed by atoms with Crippen molar-refractivity contribution in [3.05, 3.63) is 34.3 Å². The highest BCUT2D eigenvalue weighted by atomic mass is 35.5. The standard InChI is InChI=1S/C11H8ClF3O2/c12-8-2-1-6(5-7(8)11(13,14)15)10(3-4-10)9(16)17/h1-2,5H,3-4H2,(H,16,17). The molecule has 1 fully saturated rings. The molecule has 1 aliphatic rings. The lowest BCUT2D eigenvalue weighted by atomic mass is 9.94. The highest BCUT2D eigenvalue weighted by molar-refractivity contribution is 6.31. The van der Waals surface area contributed by atoms with Gasteiger partial charge in [-0.25, -0.2) is 0 Å². The van der Waals surface area contributed by atoms with Gasteiger partial charge >= 0.3 is 12.1 Å². The molecule has 0 unspecified atom stereocenters. The lowest BCUT2D eigenvalue weighted by molar-refractivity contribution is -0.141. The molecule has 17 heavy (non-hydrogen) atoms. The maximum atomic E-state index is 12.6. The van der Waals surface area contributed by atoms with Crippen molar-refractivity contribution in [2.75, 3.05) is 0 Å². The third kappa shape index (κ3) is 1.99. The van der Waals surface area contributed by atoms with Gasteiger partial charge in [0.05, 0.1) is 16.0 Å². The number of benzene rings is 1. The molecule has 1 N–H and O–H groups in total. The second-order valence-corrected chi connectivity index (χ2v) is 4.49. The number of carboxylic acids is 1. The number of carbonyl (C=O) groups is 1. The van der Waals surface area contributed by atoms with Gasteiger partial charge in [0.2, 0.25) is 0 Å². The molecule has 2 nitrogen and oxygen atoms in total. The highest BCUT2D eigenvalue weighted by Gasteiger charge is 2.52. The molecular weight excluding hydrogens is 257 g/mol. The van der Waals surface area contributed by atoms with E-state index in [9.17, 15) is 18.0 Å². The zero-order valence-electron chi connectivity index (χ0n) is 8.51. The van der Waals surface area contributed by atoms with E-state index in [0.29, 0.717) is 12.8 Å². The Labute approximate surface area is 100 Å². The summed E-state index contributed by atoms with van der Waals surface area (Å²) < 4.78 is 37.8. The molecule has 0 aromatic heterocycles. The Balaban J connectivity index is 2.49. The Morgan fingerprint density at radius 3 is 2.35 bits per heavy atom. The highest BCUT2D eigenvalue weighted by Crippen LogP contribution is 2.50. The fraction of sp³-hybridized carbons (Fsp3) is 0.364. The number of carboxylic acid groups (broad SMARTS) is 1. The molecule has 1 aromatic carbocycles. The van der Waals surface area contributed by atoms with E-state index >= 15 is 0 Å². The van der Waals surface area contributed by atoms with Crippen LogP contribution in [0.3, 0.4) is 0 Å². The molecule has 0 radical (unpaired) electrons. The van der Waals surface area contributed by atoms with E-state index in [2.05, 4.69) is 0 Å². The maximum absolute atomic E-state index is 12.6. The normalized spacial score (nSPS) is 17.9. The molecule has 6 heteroatoms. The molecule has 0 amide bonds. The van der Waals surface area contributed by atoms with E-state index in [4.69, 9.17) is 16.7 Å². The minimum absolute atomic E-state index is 0.168. The summed E-state index contributed by atoms with van der Waals surface area (Å²) in [5.74, 6) is -1.09. The number of alkyl halides is 3. The van der Waals surface area contributed by atoms with E-state index in [1.807, 2.05) is 0 Å². The van der Waals surface area contributed by atoms with Crippen LogP contribution in [0.2, 0.25) is 5.02 Å². The molecule has 0 saturated heterocycles. The van der Waals surface area contributed by atoms with Crippen molar-refractivity contribution in [3.8, 4) is 0 Å². The first-order chi connectivity index (χ1) is 7.77. The minimum Gasteiger partial charge on any atom is -0.481 e. The third-order valence-electron chi connectivity index (χ3n) is 2.98. The van der Waals surface area contributed by atoms with Crippen LogP contribution in [0.5, 0.6) is 0 Å². The summed E-state index contributed by atoms with van der Waals surface area (Å²) in [5.41, 5.74) is -1.96. The molecular formula is C11H8ClF3O2. The van der Waals surface area contributed by atoms with Crippen LogP contribution >= 0.6 is 11.6 Å². The third-order valence-corrected chi connectivity index (χ3v) is 3.31. The van der Waals surface area contributed by atoms with Gasteiger partial charge in [-0.2, -0.15) is 13.2 Å². The minimum atomic E-state index is -4.57. The second kappa shape index (κ2) is 3.63. The number of hydrogen-bond acceptors (Lipinski definition) is 1. The number of rotatable bonds is 2. The Morgan fingerprint density at radius 2 is 1.94 bits per heavy atom. The van der Waals surface area contributed by atoms with Crippen LogP contribution in [0.4, 0.5) is 13.2 Å². The predicted octanol–water partition coefficient (Wildman–Crippen LogP) is 3.48. The molecule has 1 aliphatic carbocycles. The molecule has 0 bridgehead atoms. The van der Waals surface area contributed by atoms with Crippen LogP contribution in [0.1, 0.15) is 24.0 Å². The maximum Gasteiger partial charge on any atom is 0.417 e. The quantitative estimate of drug-likeness (QED) is 0.888. The van der Waals surface area contributed by atoms with Crippen LogP contribution in [0, 0.1) is 0 Å². The number of hydrogen-bond donors (Lipinski definition) is 1. The van der Waals surface area contributed by atoms with E-state index in [1.54, 1.807) is 0 Å². The Hall–Kier alpha value is -1.23. The average Bonchev–Trinajstić information content (AvgIpc) is 2.97. The largest absolute Gasteiger partial charge is 0.481 e. The Morgan fingerprint density at radius 1 is 1.35 bits per heavy atom. The summed E-state index contributed by atoms with van der Waals surface area (Å²) in [4.78, 5) is 11.0. The van der Waals surface area contributed by atoms with Crippen LogP contribution in [0.25, 0.3) is 0 Å². The van der Waals surface area contributed by atoms with Crippen molar-refractivity contribution in [1.82, 2.24) is 0 Å². The summed E-state index contributed by atoms with van der Waals surface area (Å²) in [6.07, 6.45) is -3.84. The fourth-order valence-corrected chi connectivity index (χ4v) is 2.02. The van der Waals surface area contributed by atoms with Gasteiger partial charge in [0, 0.05) is 0 Å². The van der Waals surface area contributed by atoms with Crippen LogP contribution in [-0.4, -0.2) is 11.1 Å². The lowest BCUT2D eigenvalue weighted by Crippen LogP contribution is -2.20. The van der Waals surface area contributed by atoms with E-state index in [-0.39, 0.29) is 5.56 Å². The van der Waals surface area contributed by atoms with E-state index in [1.165, 1.54) is 6.07 Å². The Kier molecular flexibility index (Phi) is 2.61. The van der Waals surface area contributed by atoms with Gasteiger partial charge in [0.1, 0.15) is 0 Å². The van der Waals surface area contributed by atoms with Crippen molar-refractivity contribution in [2.24, 2.45) is 0 Å². The molecule has 0 aliphatic heterocycles. The second-order valence-electron chi connectivity index (χ2n) is 4.08. The average molecular weight is 265 g/mol. The Bertz CT molecular complexity index is 478. The van der Waals surface area contributed by atoms with Gasteiger partial charge in [-0.1, -0.05) is 17.7 Å². The van der Waals surface area contributed by atoms with Crippen molar-refractivity contribution in [2.45, 2.75) is 24.4 Å². The lowest BCUT2D eigenvalue weighted by Gasteiger charge is -2.14. The fourth-order valence-electron chi connectivity index (χ4n) is 1.79. The predicted molar refractivity (Wildman–Crippen MR) is 55.0 cm³/mol. The summed E-state index contributed by atoms with van der Waals surface area (Å²) in [7, 11) is 0. The molecule has 0 spiro atoms. The van der Waals surface area contributed by atoms with Crippen molar-refractivity contribution in [3.63, 3.8) is 0 Å². The first kappa shape index (κ1) is 12.2. The van der Waals surface area contributed by atoms with Crippen LogP contribution in [-0.2, 0) is 16.4 Å². The number of halogens is 4. The van der Waals surface area contributed by atoms with Crippen molar-refractivity contribution < 1.29 is 23.1 Å².